The van der Waals surface area contributed by atoms with E-state index in [1.165, 1.54) is 0 Å². The van der Waals surface area contributed by atoms with E-state index in [-0.39, 0.29) is 25.0 Å². The van der Waals surface area contributed by atoms with Crippen molar-refractivity contribution in [2.75, 3.05) is 25.2 Å². The SMILES string of the molecule is CCN(CC)C(=O)CC(=O)Nc1ccc2c(c1)OCO2. The number of benzene rings is 1. The first-order chi connectivity index (χ1) is 9.63. The Morgan fingerprint density at radius 2 is 1.90 bits per heavy atom. The van der Waals surface area contributed by atoms with Crippen LogP contribution in [-0.2, 0) is 9.59 Å². The summed E-state index contributed by atoms with van der Waals surface area (Å²) in [6.45, 7) is 5.17. The number of fused-ring (bicyclic) bond motifs is 1. The zero-order valence-corrected chi connectivity index (χ0v) is 11.6. The summed E-state index contributed by atoms with van der Waals surface area (Å²) >= 11 is 0. The third kappa shape index (κ3) is 3.20. The molecule has 6 nitrogen and oxygen atoms in total. The second-order valence-corrected chi connectivity index (χ2v) is 4.36. The normalized spacial score (nSPS) is 12.1. The fourth-order valence-electron chi connectivity index (χ4n) is 2.00. The molecule has 0 atom stereocenters. The predicted octanol–water partition coefficient (Wildman–Crippen LogP) is 1.61. The van der Waals surface area contributed by atoms with Crippen LogP contribution in [0.1, 0.15) is 20.3 Å². The van der Waals surface area contributed by atoms with Crippen molar-refractivity contribution in [1.29, 1.82) is 0 Å². The largest absolute Gasteiger partial charge is 0.454 e. The second kappa shape index (κ2) is 6.27. The summed E-state index contributed by atoms with van der Waals surface area (Å²) in [5.41, 5.74) is 0.589. The van der Waals surface area contributed by atoms with E-state index >= 15 is 0 Å². The van der Waals surface area contributed by atoms with Crippen LogP contribution in [0.3, 0.4) is 0 Å². The second-order valence-electron chi connectivity index (χ2n) is 4.36. The van der Waals surface area contributed by atoms with Gasteiger partial charge in [0.15, 0.2) is 11.5 Å². The van der Waals surface area contributed by atoms with E-state index in [1.807, 2.05) is 13.8 Å². The summed E-state index contributed by atoms with van der Waals surface area (Å²) in [5.74, 6) is 0.745. The van der Waals surface area contributed by atoms with Gasteiger partial charge in [0.1, 0.15) is 6.42 Å². The van der Waals surface area contributed by atoms with Crippen molar-refractivity contribution in [3.8, 4) is 11.5 Å². The average molecular weight is 278 g/mol. The van der Waals surface area contributed by atoms with Gasteiger partial charge in [-0.3, -0.25) is 9.59 Å². The fourth-order valence-corrected chi connectivity index (χ4v) is 2.00. The van der Waals surface area contributed by atoms with E-state index in [2.05, 4.69) is 5.32 Å². The van der Waals surface area contributed by atoms with Gasteiger partial charge in [-0.15, -0.1) is 0 Å². The highest BCUT2D eigenvalue weighted by molar-refractivity contribution is 6.03. The molecule has 0 spiro atoms. The van der Waals surface area contributed by atoms with Gasteiger partial charge in [0.2, 0.25) is 18.6 Å². The molecule has 2 rings (SSSR count). The summed E-state index contributed by atoms with van der Waals surface area (Å²) in [6, 6.07) is 5.12. The molecule has 108 valence electrons. The fraction of sp³-hybridized carbons (Fsp3) is 0.429. The first kappa shape index (κ1) is 14.2. The van der Waals surface area contributed by atoms with Crippen molar-refractivity contribution >= 4 is 17.5 Å². The van der Waals surface area contributed by atoms with Crippen LogP contribution in [0.4, 0.5) is 5.69 Å². The van der Waals surface area contributed by atoms with E-state index in [0.717, 1.165) is 0 Å². The monoisotopic (exact) mass is 278 g/mol. The first-order valence-corrected chi connectivity index (χ1v) is 6.61. The van der Waals surface area contributed by atoms with E-state index in [0.29, 0.717) is 30.3 Å². The maximum absolute atomic E-state index is 11.8. The molecule has 6 heteroatoms. The third-order valence-electron chi connectivity index (χ3n) is 3.08. The van der Waals surface area contributed by atoms with E-state index < -0.39 is 0 Å². The number of anilines is 1. The Balaban J connectivity index is 1.93. The van der Waals surface area contributed by atoms with Gasteiger partial charge in [0.05, 0.1) is 0 Å². The zero-order chi connectivity index (χ0) is 14.5. The van der Waals surface area contributed by atoms with E-state index in [9.17, 15) is 9.59 Å². The minimum atomic E-state index is -0.333. The minimum absolute atomic E-state index is 0.157. The molecule has 20 heavy (non-hydrogen) atoms. The lowest BCUT2D eigenvalue weighted by Gasteiger charge is -2.18. The maximum Gasteiger partial charge on any atom is 0.233 e. The number of hydrogen-bond donors (Lipinski definition) is 1. The molecule has 1 aliphatic heterocycles. The first-order valence-electron chi connectivity index (χ1n) is 6.61. The highest BCUT2D eigenvalue weighted by Crippen LogP contribution is 2.34. The molecular weight excluding hydrogens is 260 g/mol. The number of carbonyl (C=O) groups excluding carboxylic acids is 2. The van der Waals surface area contributed by atoms with Crippen LogP contribution in [0, 0.1) is 0 Å². The topological polar surface area (TPSA) is 67.9 Å². The van der Waals surface area contributed by atoms with Gasteiger partial charge in [0.25, 0.3) is 0 Å². The standard InChI is InChI=1S/C14H18N2O4/c1-3-16(4-2)14(18)8-13(17)15-10-5-6-11-12(7-10)20-9-19-11/h5-7H,3-4,8-9H2,1-2H3,(H,15,17). The summed E-state index contributed by atoms with van der Waals surface area (Å²) in [5, 5.41) is 2.68. The van der Waals surface area contributed by atoms with Gasteiger partial charge in [-0.05, 0) is 26.0 Å². The molecule has 0 saturated carbocycles. The molecule has 0 unspecified atom stereocenters. The average Bonchev–Trinajstić information content (AvgIpc) is 2.87. The van der Waals surface area contributed by atoms with Crippen molar-refractivity contribution in [3.05, 3.63) is 18.2 Å². The van der Waals surface area contributed by atoms with Gasteiger partial charge in [-0.25, -0.2) is 0 Å². The third-order valence-corrected chi connectivity index (χ3v) is 3.08. The molecule has 1 aromatic carbocycles. The van der Waals surface area contributed by atoms with Crippen molar-refractivity contribution in [2.45, 2.75) is 20.3 Å². The zero-order valence-electron chi connectivity index (χ0n) is 11.6. The van der Waals surface area contributed by atoms with Gasteiger partial charge >= 0.3 is 0 Å². The Morgan fingerprint density at radius 3 is 2.60 bits per heavy atom. The highest BCUT2D eigenvalue weighted by Gasteiger charge is 2.17. The van der Waals surface area contributed by atoms with Gasteiger partial charge in [-0.2, -0.15) is 0 Å². The number of carbonyl (C=O) groups is 2. The van der Waals surface area contributed by atoms with Crippen molar-refractivity contribution in [2.24, 2.45) is 0 Å². The molecule has 0 saturated heterocycles. The molecule has 1 aliphatic rings. The molecule has 0 aromatic heterocycles. The quantitative estimate of drug-likeness (QED) is 0.831. The summed E-state index contributed by atoms with van der Waals surface area (Å²) in [7, 11) is 0. The Hall–Kier alpha value is -2.24. The van der Waals surface area contributed by atoms with Crippen LogP contribution < -0.4 is 14.8 Å². The van der Waals surface area contributed by atoms with Crippen LogP contribution >= 0.6 is 0 Å². The summed E-state index contributed by atoms with van der Waals surface area (Å²) in [6.07, 6.45) is -0.157. The molecule has 1 N–H and O–H groups in total. The molecule has 0 bridgehead atoms. The highest BCUT2D eigenvalue weighted by atomic mass is 16.7. The van der Waals surface area contributed by atoms with Gasteiger partial charge in [-0.1, -0.05) is 0 Å². The Kier molecular flexibility index (Phi) is 4.45. The summed E-state index contributed by atoms with van der Waals surface area (Å²) in [4.78, 5) is 25.3. The smallest absolute Gasteiger partial charge is 0.233 e. The number of rotatable bonds is 5. The number of nitrogens with zero attached hydrogens (tertiary/aromatic N) is 1. The van der Waals surface area contributed by atoms with Crippen molar-refractivity contribution in [3.63, 3.8) is 0 Å². The molecule has 2 amide bonds. The van der Waals surface area contributed by atoms with Crippen molar-refractivity contribution < 1.29 is 19.1 Å². The predicted molar refractivity (Wildman–Crippen MR) is 73.7 cm³/mol. The molecule has 1 aromatic rings. The number of ether oxygens (including phenoxy) is 2. The number of hydrogen-bond acceptors (Lipinski definition) is 4. The van der Waals surface area contributed by atoms with Gasteiger partial charge < -0.3 is 19.7 Å². The number of nitrogens with one attached hydrogen (secondary N) is 1. The molecule has 0 aliphatic carbocycles. The van der Waals surface area contributed by atoms with Crippen LogP contribution in [0.2, 0.25) is 0 Å². The van der Waals surface area contributed by atoms with E-state index in [1.54, 1.807) is 23.1 Å². The van der Waals surface area contributed by atoms with Crippen molar-refractivity contribution in [1.82, 2.24) is 4.90 Å². The van der Waals surface area contributed by atoms with Crippen LogP contribution in [0.25, 0.3) is 0 Å². The van der Waals surface area contributed by atoms with Crippen LogP contribution in [0.15, 0.2) is 18.2 Å². The number of amides is 2. The lowest BCUT2D eigenvalue weighted by molar-refractivity contribution is -0.134. The Bertz CT molecular complexity index is 512. The minimum Gasteiger partial charge on any atom is -0.454 e. The van der Waals surface area contributed by atoms with Crippen LogP contribution in [0.5, 0.6) is 11.5 Å². The van der Waals surface area contributed by atoms with Crippen LogP contribution in [-0.4, -0.2) is 36.6 Å². The molecular formula is C14H18N2O4. The van der Waals surface area contributed by atoms with E-state index in [4.69, 9.17) is 9.47 Å². The maximum atomic E-state index is 11.8. The van der Waals surface area contributed by atoms with Gasteiger partial charge in [0, 0.05) is 24.8 Å². The Labute approximate surface area is 117 Å². The molecule has 0 radical (unpaired) electrons. The lowest BCUT2D eigenvalue weighted by atomic mass is 10.2. The summed E-state index contributed by atoms with van der Waals surface area (Å²) < 4.78 is 10.4. The Morgan fingerprint density at radius 1 is 1.20 bits per heavy atom. The molecule has 1 heterocycles. The lowest BCUT2D eigenvalue weighted by Crippen LogP contribution is -2.33. The molecule has 0 fully saturated rings.